The van der Waals surface area contributed by atoms with Crippen molar-refractivity contribution in [2.24, 2.45) is 0 Å². The maximum atomic E-state index is 12.7. The lowest BCUT2D eigenvalue weighted by Crippen LogP contribution is -2.14. The zero-order chi connectivity index (χ0) is 19.3. The molecule has 0 amide bonds. The number of nitrogens with zero attached hydrogens (tertiary/aromatic N) is 5. The van der Waals surface area contributed by atoms with Crippen LogP contribution in [0.4, 0.5) is 0 Å². The molecule has 0 atom stereocenters. The Labute approximate surface area is 156 Å². The Hall–Kier alpha value is -4.21. The number of methoxy groups -OCH3 is 1. The van der Waals surface area contributed by atoms with E-state index in [2.05, 4.69) is 30.5 Å². The second kappa shape index (κ2) is 5.91. The number of hydrogen-bond donors (Lipinski definition) is 3. The van der Waals surface area contributed by atoms with E-state index in [-0.39, 0.29) is 5.88 Å². The number of fused-ring (bicyclic) bond motifs is 2. The summed E-state index contributed by atoms with van der Waals surface area (Å²) in [4.78, 5) is 20.1. The lowest BCUT2D eigenvalue weighted by Gasteiger charge is -2.09. The van der Waals surface area contributed by atoms with Crippen LogP contribution in [0.3, 0.4) is 0 Å². The van der Waals surface area contributed by atoms with Crippen LogP contribution in [0, 0.1) is 0 Å². The topological polar surface area (TPSA) is 134 Å². The SMILES string of the molecule is COc1c(-c2cc(=O)n3nc(O)c(-c4ccccn4)c3[nH]2)ccc2[nH]nnc12. The van der Waals surface area contributed by atoms with Crippen molar-refractivity contribution in [3.8, 4) is 34.1 Å². The predicted octanol–water partition coefficient (Wildman–Crippen LogP) is 1.74. The van der Waals surface area contributed by atoms with Gasteiger partial charge in [0.1, 0.15) is 5.56 Å². The molecular weight excluding hydrogens is 362 g/mol. The minimum absolute atomic E-state index is 0.289. The molecule has 0 fully saturated rings. The summed E-state index contributed by atoms with van der Waals surface area (Å²) in [6, 6.07) is 10.2. The second-order valence-corrected chi connectivity index (χ2v) is 6.05. The summed E-state index contributed by atoms with van der Waals surface area (Å²) >= 11 is 0. The molecule has 0 radical (unpaired) electrons. The first-order chi connectivity index (χ1) is 13.7. The van der Waals surface area contributed by atoms with Crippen LogP contribution in [0.1, 0.15) is 0 Å². The first-order valence-corrected chi connectivity index (χ1v) is 8.32. The molecule has 0 saturated carbocycles. The van der Waals surface area contributed by atoms with E-state index in [0.29, 0.717) is 44.9 Å². The van der Waals surface area contributed by atoms with E-state index < -0.39 is 5.56 Å². The van der Waals surface area contributed by atoms with E-state index in [1.807, 2.05) is 0 Å². The van der Waals surface area contributed by atoms with Gasteiger partial charge in [0.25, 0.3) is 5.56 Å². The average Bonchev–Trinajstić information content (AvgIpc) is 3.31. The lowest BCUT2D eigenvalue weighted by atomic mass is 10.1. The Morgan fingerprint density at radius 2 is 2.11 bits per heavy atom. The van der Waals surface area contributed by atoms with Gasteiger partial charge in [-0.25, -0.2) is 0 Å². The van der Waals surface area contributed by atoms with Crippen LogP contribution < -0.4 is 10.3 Å². The zero-order valence-electron chi connectivity index (χ0n) is 14.5. The van der Waals surface area contributed by atoms with Crippen molar-refractivity contribution < 1.29 is 9.84 Å². The molecule has 10 nitrogen and oxygen atoms in total. The van der Waals surface area contributed by atoms with Crippen molar-refractivity contribution in [1.82, 2.24) is 35.0 Å². The highest BCUT2D eigenvalue weighted by molar-refractivity contribution is 5.90. The summed E-state index contributed by atoms with van der Waals surface area (Å²) < 4.78 is 6.62. The van der Waals surface area contributed by atoms with Crippen LogP contribution in [0.15, 0.2) is 47.4 Å². The summed E-state index contributed by atoms with van der Waals surface area (Å²) in [5, 5.41) is 24.9. The Kier molecular flexibility index (Phi) is 3.38. The largest absolute Gasteiger partial charge is 0.494 e. The molecule has 138 valence electrons. The molecule has 5 rings (SSSR count). The molecule has 0 spiro atoms. The van der Waals surface area contributed by atoms with E-state index in [4.69, 9.17) is 4.74 Å². The van der Waals surface area contributed by atoms with E-state index in [9.17, 15) is 9.90 Å². The molecule has 5 aromatic rings. The summed E-state index contributed by atoms with van der Waals surface area (Å²) in [6.07, 6.45) is 1.60. The number of benzene rings is 1. The van der Waals surface area contributed by atoms with Gasteiger partial charge in [0.2, 0.25) is 5.88 Å². The van der Waals surface area contributed by atoms with Crippen LogP contribution in [0.25, 0.3) is 39.2 Å². The minimum atomic E-state index is -0.413. The van der Waals surface area contributed by atoms with Crippen LogP contribution in [-0.2, 0) is 0 Å². The molecular formula is C18H13N7O3. The third kappa shape index (κ3) is 2.24. The number of aromatic amines is 2. The van der Waals surface area contributed by atoms with Crippen molar-refractivity contribution in [1.29, 1.82) is 0 Å². The van der Waals surface area contributed by atoms with E-state index in [0.717, 1.165) is 4.52 Å². The molecule has 10 heteroatoms. The number of aromatic nitrogens is 7. The molecule has 0 bridgehead atoms. The molecule has 28 heavy (non-hydrogen) atoms. The zero-order valence-corrected chi connectivity index (χ0v) is 14.5. The predicted molar refractivity (Wildman–Crippen MR) is 100 cm³/mol. The molecule has 4 heterocycles. The Balaban J connectivity index is 1.82. The highest BCUT2D eigenvalue weighted by Gasteiger charge is 2.20. The van der Waals surface area contributed by atoms with Gasteiger partial charge < -0.3 is 14.8 Å². The first-order valence-electron chi connectivity index (χ1n) is 8.32. The van der Waals surface area contributed by atoms with E-state index in [1.54, 1.807) is 36.5 Å². The lowest BCUT2D eigenvalue weighted by molar-refractivity contribution is 0.420. The van der Waals surface area contributed by atoms with Crippen molar-refractivity contribution in [3.63, 3.8) is 0 Å². The summed E-state index contributed by atoms with van der Waals surface area (Å²) in [7, 11) is 1.52. The molecule has 4 aromatic heterocycles. The first kappa shape index (κ1) is 16.0. The number of H-pyrrole nitrogens is 2. The monoisotopic (exact) mass is 375 g/mol. The van der Waals surface area contributed by atoms with Crippen molar-refractivity contribution in [2.45, 2.75) is 0 Å². The second-order valence-electron chi connectivity index (χ2n) is 6.05. The average molecular weight is 375 g/mol. The Bertz CT molecular complexity index is 1390. The molecule has 1 aromatic carbocycles. The Morgan fingerprint density at radius 1 is 1.21 bits per heavy atom. The van der Waals surface area contributed by atoms with Gasteiger partial charge in [-0.3, -0.25) is 14.9 Å². The van der Waals surface area contributed by atoms with Gasteiger partial charge in [0, 0.05) is 17.8 Å². The third-order valence-electron chi connectivity index (χ3n) is 4.46. The summed E-state index contributed by atoms with van der Waals surface area (Å²) in [5.41, 5.74) is 3.09. The van der Waals surface area contributed by atoms with Crippen LogP contribution in [0.2, 0.25) is 0 Å². The van der Waals surface area contributed by atoms with E-state index in [1.165, 1.54) is 13.2 Å². The van der Waals surface area contributed by atoms with Gasteiger partial charge in [-0.15, -0.1) is 10.2 Å². The number of aromatic hydroxyl groups is 1. The molecule has 0 unspecified atom stereocenters. The van der Waals surface area contributed by atoms with Gasteiger partial charge >= 0.3 is 0 Å². The quantitative estimate of drug-likeness (QED) is 0.437. The van der Waals surface area contributed by atoms with Gasteiger partial charge in [0.15, 0.2) is 16.9 Å². The number of ether oxygens (including phenoxy) is 1. The number of rotatable bonds is 3. The van der Waals surface area contributed by atoms with E-state index >= 15 is 0 Å². The minimum Gasteiger partial charge on any atom is -0.494 e. The van der Waals surface area contributed by atoms with Crippen molar-refractivity contribution in [3.05, 3.63) is 52.9 Å². The fraction of sp³-hybridized carbons (Fsp3) is 0.0556. The normalized spacial score (nSPS) is 11.3. The highest BCUT2D eigenvalue weighted by Crippen LogP contribution is 2.35. The van der Waals surface area contributed by atoms with Gasteiger partial charge in [0.05, 0.1) is 24.0 Å². The summed E-state index contributed by atoms with van der Waals surface area (Å²) in [6.45, 7) is 0. The van der Waals surface area contributed by atoms with Gasteiger partial charge in [-0.2, -0.15) is 4.52 Å². The molecule has 0 aliphatic rings. The molecule has 0 aliphatic heterocycles. The van der Waals surface area contributed by atoms with Gasteiger partial charge in [-0.1, -0.05) is 11.3 Å². The number of pyridine rings is 1. The van der Waals surface area contributed by atoms with Crippen LogP contribution in [-0.4, -0.2) is 47.2 Å². The Morgan fingerprint density at radius 3 is 2.89 bits per heavy atom. The fourth-order valence-electron chi connectivity index (χ4n) is 3.23. The third-order valence-corrected chi connectivity index (χ3v) is 4.46. The van der Waals surface area contributed by atoms with Gasteiger partial charge in [-0.05, 0) is 24.3 Å². The standard InChI is InChI=1S/C18H13N7O3/c1-28-16-9(5-6-11-15(16)22-24-21-11)12-8-13(26)25-17(20-12)14(18(27)23-25)10-4-2-3-7-19-10/h2-8,20H,1H3,(H,23,27)(H,21,22,24). The molecule has 0 saturated heterocycles. The van der Waals surface area contributed by atoms with Crippen molar-refractivity contribution in [2.75, 3.05) is 7.11 Å². The number of hydrogen-bond acceptors (Lipinski definition) is 7. The highest BCUT2D eigenvalue weighted by atomic mass is 16.5. The molecule has 3 N–H and O–H groups in total. The fourth-order valence-corrected chi connectivity index (χ4v) is 3.23. The van der Waals surface area contributed by atoms with Crippen LogP contribution in [0.5, 0.6) is 11.6 Å². The maximum absolute atomic E-state index is 12.7. The molecule has 0 aliphatic carbocycles. The summed E-state index contributed by atoms with van der Waals surface area (Å²) in [5.74, 6) is 0.178. The maximum Gasteiger partial charge on any atom is 0.275 e. The van der Waals surface area contributed by atoms with Crippen molar-refractivity contribution >= 4 is 16.7 Å². The smallest absolute Gasteiger partial charge is 0.275 e. The van der Waals surface area contributed by atoms with Crippen LogP contribution >= 0.6 is 0 Å². The number of nitrogens with one attached hydrogen (secondary N) is 2.